The van der Waals surface area contributed by atoms with E-state index >= 15 is 0 Å². The summed E-state index contributed by atoms with van der Waals surface area (Å²) in [6.07, 6.45) is 1.56. The number of ether oxygens (including phenoxy) is 1. The number of nitrogens with two attached hydrogens (primary N) is 1. The topological polar surface area (TPSA) is 77.2 Å². The van der Waals surface area contributed by atoms with Crippen LogP contribution >= 0.6 is 11.3 Å². The van der Waals surface area contributed by atoms with Crippen LogP contribution in [0.2, 0.25) is 0 Å². The lowest BCUT2D eigenvalue weighted by atomic mass is 10.1. The first-order valence-corrected chi connectivity index (χ1v) is 6.19. The lowest BCUT2D eigenvalue weighted by Gasteiger charge is -2.08. The number of rotatable bonds is 4. The van der Waals surface area contributed by atoms with Crippen LogP contribution in [0.15, 0.2) is 5.38 Å². The molecule has 16 heavy (non-hydrogen) atoms. The monoisotopic (exact) mass is 241 g/mol. The second-order valence-electron chi connectivity index (χ2n) is 3.78. The molecule has 0 saturated carbocycles. The van der Waals surface area contributed by atoms with Crippen LogP contribution in [0.5, 0.6) is 0 Å². The van der Waals surface area contributed by atoms with Crippen molar-refractivity contribution < 1.29 is 9.53 Å². The van der Waals surface area contributed by atoms with E-state index in [0.717, 1.165) is 18.5 Å². The van der Waals surface area contributed by atoms with Gasteiger partial charge >= 0.3 is 0 Å². The van der Waals surface area contributed by atoms with Crippen LogP contribution in [-0.4, -0.2) is 30.6 Å². The van der Waals surface area contributed by atoms with Crippen molar-refractivity contribution in [2.24, 2.45) is 5.92 Å². The third-order valence-corrected chi connectivity index (χ3v) is 3.27. The van der Waals surface area contributed by atoms with Gasteiger partial charge in [-0.3, -0.25) is 4.79 Å². The molecule has 88 valence electrons. The van der Waals surface area contributed by atoms with Crippen LogP contribution in [0.3, 0.4) is 0 Å². The fourth-order valence-corrected chi connectivity index (χ4v) is 2.23. The lowest BCUT2D eigenvalue weighted by Crippen LogP contribution is -2.32. The molecule has 0 bridgehead atoms. The van der Waals surface area contributed by atoms with Crippen molar-refractivity contribution in [2.45, 2.75) is 12.8 Å². The van der Waals surface area contributed by atoms with Crippen molar-refractivity contribution in [3.05, 3.63) is 11.1 Å². The Morgan fingerprint density at radius 1 is 1.75 bits per heavy atom. The molecule has 1 aromatic rings. The highest BCUT2D eigenvalue weighted by molar-refractivity contribution is 7.13. The van der Waals surface area contributed by atoms with Crippen molar-refractivity contribution in [3.8, 4) is 0 Å². The molecule has 1 atom stereocenters. The number of hydrogen-bond acceptors (Lipinski definition) is 5. The molecule has 1 fully saturated rings. The third-order valence-electron chi connectivity index (χ3n) is 2.55. The van der Waals surface area contributed by atoms with Crippen molar-refractivity contribution in [2.75, 3.05) is 25.5 Å². The highest BCUT2D eigenvalue weighted by atomic mass is 32.1. The first-order valence-electron chi connectivity index (χ1n) is 5.31. The van der Waals surface area contributed by atoms with Crippen LogP contribution in [0.1, 0.15) is 12.1 Å². The summed E-state index contributed by atoms with van der Waals surface area (Å²) in [6, 6.07) is 0. The van der Waals surface area contributed by atoms with Crippen LogP contribution in [-0.2, 0) is 16.0 Å². The molecule has 1 aliphatic heterocycles. The lowest BCUT2D eigenvalue weighted by molar-refractivity contribution is -0.124. The molecule has 0 radical (unpaired) electrons. The average Bonchev–Trinajstić information content (AvgIpc) is 2.89. The number of aromatic nitrogens is 1. The molecule has 5 nitrogen and oxygen atoms in total. The number of nitrogens with zero attached hydrogens (tertiary/aromatic N) is 1. The smallest absolute Gasteiger partial charge is 0.225 e. The van der Waals surface area contributed by atoms with Gasteiger partial charge in [0, 0.05) is 25.0 Å². The van der Waals surface area contributed by atoms with Gasteiger partial charge in [-0.25, -0.2) is 4.98 Å². The fourth-order valence-electron chi connectivity index (χ4n) is 1.64. The summed E-state index contributed by atoms with van der Waals surface area (Å²) >= 11 is 1.42. The van der Waals surface area contributed by atoms with Gasteiger partial charge in [0.1, 0.15) is 0 Å². The molecular formula is C10H15N3O2S. The molecule has 6 heteroatoms. The Bertz CT molecular complexity index is 361. The second-order valence-corrected chi connectivity index (χ2v) is 4.67. The van der Waals surface area contributed by atoms with Crippen molar-refractivity contribution >= 4 is 22.4 Å². The van der Waals surface area contributed by atoms with Gasteiger partial charge in [-0.2, -0.15) is 0 Å². The molecule has 2 rings (SSSR count). The molecule has 1 saturated heterocycles. The highest BCUT2D eigenvalue weighted by Crippen LogP contribution is 2.13. The maximum Gasteiger partial charge on any atom is 0.225 e. The quantitative estimate of drug-likeness (QED) is 0.801. The summed E-state index contributed by atoms with van der Waals surface area (Å²) in [5, 5.41) is 5.38. The number of carbonyl (C=O) groups excluding carboxylic acids is 1. The van der Waals surface area contributed by atoms with Gasteiger partial charge < -0.3 is 15.8 Å². The minimum absolute atomic E-state index is 0.0282. The molecule has 0 aliphatic carbocycles. The van der Waals surface area contributed by atoms with E-state index in [0.29, 0.717) is 24.9 Å². The predicted octanol–water partition coefficient (Wildman–Crippen LogP) is 0.420. The molecule has 1 aromatic heterocycles. The van der Waals surface area contributed by atoms with E-state index in [-0.39, 0.29) is 11.8 Å². The van der Waals surface area contributed by atoms with E-state index in [1.54, 1.807) is 0 Å². The molecule has 0 aromatic carbocycles. The Morgan fingerprint density at radius 2 is 2.62 bits per heavy atom. The summed E-state index contributed by atoms with van der Waals surface area (Å²) in [4.78, 5) is 15.7. The average molecular weight is 241 g/mol. The number of amides is 1. The van der Waals surface area contributed by atoms with Crippen molar-refractivity contribution in [3.63, 3.8) is 0 Å². The van der Waals surface area contributed by atoms with E-state index in [2.05, 4.69) is 10.3 Å². The summed E-state index contributed by atoms with van der Waals surface area (Å²) in [5.41, 5.74) is 6.45. The summed E-state index contributed by atoms with van der Waals surface area (Å²) in [7, 11) is 0. The zero-order valence-electron chi connectivity index (χ0n) is 8.94. The molecule has 0 spiro atoms. The number of thiazole rings is 1. The van der Waals surface area contributed by atoms with Crippen LogP contribution in [0.4, 0.5) is 5.13 Å². The Morgan fingerprint density at radius 3 is 3.25 bits per heavy atom. The van der Waals surface area contributed by atoms with Crippen LogP contribution < -0.4 is 11.1 Å². The number of anilines is 1. The van der Waals surface area contributed by atoms with Crippen LogP contribution in [0.25, 0.3) is 0 Å². The molecule has 3 N–H and O–H groups in total. The van der Waals surface area contributed by atoms with Gasteiger partial charge in [-0.1, -0.05) is 0 Å². The normalized spacial score (nSPS) is 19.9. The maximum absolute atomic E-state index is 11.6. The Balaban J connectivity index is 1.69. The van der Waals surface area contributed by atoms with Gasteiger partial charge in [-0.05, 0) is 6.42 Å². The van der Waals surface area contributed by atoms with E-state index in [1.165, 1.54) is 11.3 Å². The number of hydrogen-bond donors (Lipinski definition) is 2. The van der Waals surface area contributed by atoms with Gasteiger partial charge in [0.25, 0.3) is 0 Å². The van der Waals surface area contributed by atoms with Crippen LogP contribution in [0, 0.1) is 5.92 Å². The predicted molar refractivity (Wildman–Crippen MR) is 62.2 cm³/mol. The van der Waals surface area contributed by atoms with E-state index in [9.17, 15) is 4.79 Å². The second kappa shape index (κ2) is 5.27. The van der Waals surface area contributed by atoms with E-state index in [1.807, 2.05) is 5.38 Å². The summed E-state index contributed by atoms with van der Waals surface area (Å²) in [5.74, 6) is 0.112. The van der Waals surface area contributed by atoms with E-state index < -0.39 is 0 Å². The molecule has 1 amide bonds. The zero-order valence-corrected chi connectivity index (χ0v) is 9.76. The Labute approximate surface area is 98.0 Å². The fraction of sp³-hybridized carbons (Fsp3) is 0.600. The van der Waals surface area contributed by atoms with Crippen molar-refractivity contribution in [1.82, 2.24) is 10.3 Å². The van der Waals surface area contributed by atoms with E-state index in [4.69, 9.17) is 10.5 Å². The molecule has 1 aliphatic rings. The Kier molecular flexibility index (Phi) is 3.74. The summed E-state index contributed by atoms with van der Waals surface area (Å²) < 4.78 is 5.16. The highest BCUT2D eigenvalue weighted by Gasteiger charge is 2.22. The SMILES string of the molecule is Nc1nc(CCNC(=O)C2CCOC2)cs1. The number of nitrogen functional groups attached to an aromatic ring is 1. The van der Waals surface area contributed by atoms with Gasteiger partial charge in [-0.15, -0.1) is 11.3 Å². The molecule has 1 unspecified atom stereocenters. The van der Waals surface area contributed by atoms with Crippen molar-refractivity contribution in [1.29, 1.82) is 0 Å². The first-order chi connectivity index (χ1) is 7.75. The minimum Gasteiger partial charge on any atom is -0.381 e. The number of nitrogens with one attached hydrogen (secondary N) is 1. The minimum atomic E-state index is 0.0282. The molecular weight excluding hydrogens is 226 g/mol. The van der Waals surface area contributed by atoms with Gasteiger partial charge in [0.05, 0.1) is 18.2 Å². The third kappa shape index (κ3) is 2.93. The zero-order chi connectivity index (χ0) is 11.4. The maximum atomic E-state index is 11.6. The first kappa shape index (κ1) is 11.3. The Hall–Kier alpha value is -1.14. The summed E-state index contributed by atoms with van der Waals surface area (Å²) in [6.45, 7) is 1.86. The standard InChI is InChI=1S/C10H15N3O2S/c11-10-13-8(6-16-10)1-3-12-9(14)7-2-4-15-5-7/h6-7H,1-5H2,(H2,11,13)(H,12,14). The van der Waals surface area contributed by atoms with Gasteiger partial charge in [0.15, 0.2) is 5.13 Å². The molecule has 2 heterocycles. The van der Waals surface area contributed by atoms with Gasteiger partial charge in [0.2, 0.25) is 5.91 Å². The largest absolute Gasteiger partial charge is 0.381 e. The number of carbonyl (C=O) groups is 1.